The Bertz CT molecular complexity index is 518. The van der Waals surface area contributed by atoms with Crippen LogP contribution in [0.1, 0.15) is 36.7 Å². The minimum Gasteiger partial charge on any atom is -0.355 e. The Labute approximate surface area is 119 Å². The second-order valence-corrected chi connectivity index (χ2v) is 5.89. The van der Waals surface area contributed by atoms with Gasteiger partial charge in [-0.25, -0.2) is 0 Å². The van der Waals surface area contributed by atoms with Crippen LogP contribution in [-0.2, 0) is 4.79 Å². The van der Waals surface area contributed by atoms with Crippen LogP contribution in [0.5, 0.6) is 0 Å². The van der Waals surface area contributed by atoms with Gasteiger partial charge in [0.15, 0.2) is 0 Å². The van der Waals surface area contributed by atoms with Crippen LogP contribution in [0.15, 0.2) is 18.2 Å². The SMILES string of the molecule is CNC(=O)c1cccc(NC(=O)C(N)C(C)(C)C)c1C. The van der Waals surface area contributed by atoms with Crippen molar-refractivity contribution in [1.29, 1.82) is 0 Å². The molecule has 0 saturated heterocycles. The van der Waals surface area contributed by atoms with Gasteiger partial charge in [-0.3, -0.25) is 9.59 Å². The molecule has 0 spiro atoms. The normalized spacial score (nSPS) is 12.7. The van der Waals surface area contributed by atoms with Gasteiger partial charge in [-0.05, 0) is 30.0 Å². The zero-order chi connectivity index (χ0) is 15.5. The predicted molar refractivity (Wildman–Crippen MR) is 80.6 cm³/mol. The summed E-state index contributed by atoms with van der Waals surface area (Å²) in [4.78, 5) is 23.8. The Morgan fingerprint density at radius 3 is 2.35 bits per heavy atom. The summed E-state index contributed by atoms with van der Waals surface area (Å²) in [5, 5.41) is 5.37. The molecule has 0 fully saturated rings. The molecular formula is C15H23N3O2. The lowest BCUT2D eigenvalue weighted by atomic mass is 9.87. The molecule has 0 aliphatic rings. The molecule has 5 nitrogen and oxygen atoms in total. The molecule has 5 heteroatoms. The number of hydrogen-bond donors (Lipinski definition) is 3. The summed E-state index contributed by atoms with van der Waals surface area (Å²) in [6.07, 6.45) is 0. The van der Waals surface area contributed by atoms with Gasteiger partial charge in [-0.1, -0.05) is 26.8 Å². The van der Waals surface area contributed by atoms with Crippen molar-refractivity contribution in [3.05, 3.63) is 29.3 Å². The number of rotatable bonds is 3. The number of hydrogen-bond acceptors (Lipinski definition) is 3. The molecule has 2 amide bonds. The molecule has 0 radical (unpaired) electrons. The molecular weight excluding hydrogens is 254 g/mol. The van der Waals surface area contributed by atoms with Gasteiger partial charge in [0.25, 0.3) is 5.91 Å². The molecule has 110 valence electrons. The quantitative estimate of drug-likeness (QED) is 0.785. The van der Waals surface area contributed by atoms with Crippen LogP contribution >= 0.6 is 0 Å². The van der Waals surface area contributed by atoms with E-state index in [1.165, 1.54) is 0 Å². The highest BCUT2D eigenvalue weighted by atomic mass is 16.2. The molecule has 0 heterocycles. The van der Waals surface area contributed by atoms with Gasteiger partial charge in [-0.15, -0.1) is 0 Å². The molecule has 0 aromatic heterocycles. The first-order valence-electron chi connectivity index (χ1n) is 6.56. The topological polar surface area (TPSA) is 84.2 Å². The monoisotopic (exact) mass is 277 g/mol. The number of nitrogens with two attached hydrogens (primary N) is 1. The molecule has 1 aromatic rings. The number of benzene rings is 1. The fraction of sp³-hybridized carbons (Fsp3) is 0.467. The Morgan fingerprint density at radius 1 is 1.25 bits per heavy atom. The Balaban J connectivity index is 3.00. The summed E-state index contributed by atoms with van der Waals surface area (Å²) in [6.45, 7) is 7.52. The fourth-order valence-corrected chi connectivity index (χ4v) is 1.76. The lowest BCUT2D eigenvalue weighted by molar-refractivity contribution is -0.119. The minimum absolute atomic E-state index is 0.182. The van der Waals surface area contributed by atoms with E-state index in [0.29, 0.717) is 11.3 Å². The number of amides is 2. The van der Waals surface area contributed by atoms with Crippen molar-refractivity contribution >= 4 is 17.5 Å². The van der Waals surface area contributed by atoms with Crippen LogP contribution in [0.3, 0.4) is 0 Å². The lowest BCUT2D eigenvalue weighted by Crippen LogP contribution is -2.45. The van der Waals surface area contributed by atoms with Crippen molar-refractivity contribution in [2.24, 2.45) is 11.1 Å². The van der Waals surface area contributed by atoms with Gasteiger partial charge >= 0.3 is 0 Å². The smallest absolute Gasteiger partial charge is 0.251 e. The Morgan fingerprint density at radius 2 is 1.85 bits per heavy atom. The van der Waals surface area contributed by atoms with Gasteiger partial charge in [0.05, 0.1) is 6.04 Å². The average Bonchev–Trinajstić information content (AvgIpc) is 2.38. The molecule has 0 saturated carbocycles. The van der Waals surface area contributed by atoms with Crippen molar-refractivity contribution in [1.82, 2.24) is 5.32 Å². The maximum Gasteiger partial charge on any atom is 0.251 e. The third-order valence-corrected chi connectivity index (χ3v) is 3.28. The van der Waals surface area contributed by atoms with Crippen LogP contribution in [0.2, 0.25) is 0 Å². The van der Waals surface area contributed by atoms with Gasteiger partial charge < -0.3 is 16.4 Å². The maximum atomic E-state index is 12.1. The second kappa shape index (κ2) is 6.05. The maximum absolute atomic E-state index is 12.1. The van der Waals surface area contributed by atoms with Crippen molar-refractivity contribution < 1.29 is 9.59 Å². The molecule has 1 atom stereocenters. The van der Waals surface area contributed by atoms with Gasteiger partial charge in [0.2, 0.25) is 5.91 Å². The molecule has 20 heavy (non-hydrogen) atoms. The predicted octanol–water partition coefficient (Wildman–Crippen LogP) is 1.67. The van der Waals surface area contributed by atoms with Crippen LogP contribution in [-0.4, -0.2) is 24.9 Å². The zero-order valence-corrected chi connectivity index (χ0v) is 12.7. The minimum atomic E-state index is -0.620. The van der Waals surface area contributed by atoms with Gasteiger partial charge in [0, 0.05) is 18.3 Å². The van der Waals surface area contributed by atoms with Gasteiger partial charge in [0.1, 0.15) is 0 Å². The molecule has 0 aliphatic heterocycles. The summed E-state index contributed by atoms with van der Waals surface area (Å²) in [6, 6.07) is 4.59. The number of carbonyl (C=O) groups excluding carboxylic acids is 2. The van der Waals surface area contributed by atoms with E-state index in [4.69, 9.17) is 5.73 Å². The number of nitrogens with one attached hydrogen (secondary N) is 2. The van der Waals surface area contributed by atoms with Gasteiger partial charge in [-0.2, -0.15) is 0 Å². The first-order valence-corrected chi connectivity index (χ1v) is 6.56. The van der Waals surface area contributed by atoms with Crippen molar-refractivity contribution in [3.63, 3.8) is 0 Å². The van der Waals surface area contributed by atoms with E-state index < -0.39 is 6.04 Å². The van der Waals surface area contributed by atoms with E-state index in [0.717, 1.165) is 5.56 Å². The Hall–Kier alpha value is -1.88. The summed E-state index contributed by atoms with van der Waals surface area (Å²) < 4.78 is 0. The number of carbonyl (C=O) groups is 2. The molecule has 4 N–H and O–H groups in total. The first-order chi connectivity index (χ1) is 9.18. The summed E-state index contributed by atoms with van der Waals surface area (Å²) in [5.74, 6) is -0.437. The van der Waals surface area contributed by atoms with Crippen LogP contribution in [0.25, 0.3) is 0 Å². The molecule has 0 bridgehead atoms. The third kappa shape index (κ3) is 3.57. The largest absolute Gasteiger partial charge is 0.355 e. The average molecular weight is 277 g/mol. The van der Waals surface area contributed by atoms with E-state index in [-0.39, 0.29) is 17.2 Å². The first kappa shape index (κ1) is 16.2. The lowest BCUT2D eigenvalue weighted by Gasteiger charge is -2.26. The number of anilines is 1. The Kier molecular flexibility index (Phi) is 4.89. The van der Waals surface area contributed by atoms with E-state index in [1.807, 2.05) is 20.8 Å². The van der Waals surface area contributed by atoms with Crippen LogP contribution in [0.4, 0.5) is 5.69 Å². The highest BCUT2D eigenvalue weighted by Crippen LogP contribution is 2.22. The molecule has 1 unspecified atom stereocenters. The molecule has 0 aliphatic carbocycles. The van der Waals surface area contributed by atoms with Crippen molar-refractivity contribution in [2.45, 2.75) is 33.7 Å². The third-order valence-electron chi connectivity index (χ3n) is 3.28. The fourth-order valence-electron chi connectivity index (χ4n) is 1.76. The van der Waals surface area contributed by atoms with Crippen molar-refractivity contribution in [2.75, 3.05) is 12.4 Å². The molecule has 1 rings (SSSR count). The second-order valence-electron chi connectivity index (χ2n) is 5.89. The van der Waals surface area contributed by atoms with Crippen LogP contribution < -0.4 is 16.4 Å². The standard InChI is InChI=1S/C15H23N3O2/c1-9-10(13(19)17-5)7-6-8-11(9)18-14(20)12(16)15(2,3)4/h6-8,12H,16H2,1-5H3,(H,17,19)(H,18,20). The molecule has 1 aromatic carbocycles. The summed E-state index contributed by atoms with van der Waals surface area (Å²) in [5.41, 5.74) is 7.47. The van der Waals surface area contributed by atoms with E-state index in [1.54, 1.807) is 32.2 Å². The van der Waals surface area contributed by atoms with Crippen LogP contribution in [0, 0.1) is 12.3 Å². The van der Waals surface area contributed by atoms with E-state index >= 15 is 0 Å². The summed E-state index contributed by atoms with van der Waals surface area (Å²) in [7, 11) is 1.57. The van der Waals surface area contributed by atoms with E-state index in [9.17, 15) is 9.59 Å². The highest BCUT2D eigenvalue weighted by Gasteiger charge is 2.27. The van der Waals surface area contributed by atoms with Crippen molar-refractivity contribution in [3.8, 4) is 0 Å². The van der Waals surface area contributed by atoms with E-state index in [2.05, 4.69) is 10.6 Å². The highest BCUT2D eigenvalue weighted by molar-refractivity contribution is 6.00. The zero-order valence-electron chi connectivity index (χ0n) is 12.7. The summed E-state index contributed by atoms with van der Waals surface area (Å²) >= 11 is 0.